The Kier molecular flexibility index (Phi) is 2.93. The average Bonchev–Trinajstić information content (AvgIpc) is 2.70. The molecule has 0 radical (unpaired) electrons. The zero-order chi connectivity index (χ0) is 9.10. The third-order valence-corrected chi connectivity index (χ3v) is 3.45. The number of nitrogens with zero attached hydrogens (tertiary/aromatic N) is 2. The third-order valence-electron chi connectivity index (χ3n) is 1.54. The van der Waals surface area contributed by atoms with Crippen molar-refractivity contribution in [3.8, 4) is 10.6 Å². The predicted octanol–water partition coefficient (Wildman–Crippen LogP) is 3.05. The van der Waals surface area contributed by atoms with Gasteiger partial charge in [-0.1, -0.05) is 11.3 Å². The van der Waals surface area contributed by atoms with Gasteiger partial charge in [-0.3, -0.25) is 0 Å². The molecule has 0 saturated carbocycles. The van der Waals surface area contributed by atoms with Gasteiger partial charge in [-0.25, -0.2) is 0 Å². The van der Waals surface area contributed by atoms with E-state index in [9.17, 15) is 0 Å². The first-order valence-corrected chi connectivity index (χ1v) is 6.10. The Morgan fingerprint density at radius 1 is 1.38 bits per heavy atom. The second-order valence-electron chi connectivity index (χ2n) is 2.45. The predicted molar refractivity (Wildman–Crippen MR) is 57.6 cm³/mol. The Morgan fingerprint density at radius 2 is 2.31 bits per heavy atom. The SMILES string of the molecule is ClCCc1nnc(-c2ccsc2)s1. The molecule has 0 N–H and O–H groups in total. The van der Waals surface area contributed by atoms with Crippen molar-refractivity contribution < 1.29 is 0 Å². The minimum atomic E-state index is 0.609. The molecule has 0 amide bonds. The van der Waals surface area contributed by atoms with E-state index in [1.165, 1.54) is 0 Å². The van der Waals surface area contributed by atoms with E-state index in [-0.39, 0.29) is 0 Å². The molecular formula is C8H7ClN2S2. The molecule has 0 atom stereocenters. The van der Waals surface area contributed by atoms with Crippen molar-refractivity contribution >= 4 is 34.3 Å². The molecule has 5 heteroatoms. The Bertz CT molecular complexity index is 369. The second kappa shape index (κ2) is 4.17. The lowest BCUT2D eigenvalue weighted by Gasteiger charge is -1.84. The number of thiophene rings is 1. The molecule has 2 rings (SSSR count). The van der Waals surface area contributed by atoms with Crippen LogP contribution in [-0.4, -0.2) is 16.1 Å². The number of hydrogen-bond donors (Lipinski definition) is 0. The second-order valence-corrected chi connectivity index (χ2v) is 4.67. The van der Waals surface area contributed by atoms with Crippen LogP contribution in [0, 0.1) is 0 Å². The average molecular weight is 231 g/mol. The number of halogens is 1. The molecule has 0 aliphatic heterocycles. The van der Waals surface area contributed by atoms with Crippen LogP contribution in [0.2, 0.25) is 0 Å². The third kappa shape index (κ3) is 2.07. The Labute approximate surface area is 89.2 Å². The first kappa shape index (κ1) is 9.12. The largest absolute Gasteiger partial charge is 0.152 e. The lowest BCUT2D eigenvalue weighted by Crippen LogP contribution is -1.82. The molecule has 68 valence electrons. The quantitative estimate of drug-likeness (QED) is 0.758. The lowest BCUT2D eigenvalue weighted by atomic mass is 10.4. The molecule has 0 fully saturated rings. The van der Waals surface area contributed by atoms with Gasteiger partial charge in [-0.2, -0.15) is 11.3 Å². The standard InChI is InChI=1S/C8H7ClN2S2/c9-3-1-7-10-11-8(13-7)6-2-4-12-5-6/h2,4-5H,1,3H2. The Hall–Kier alpha value is -0.450. The summed E-state index contributed by atoms with van der Waals surface area (Å²) in [7, 11) is 0. The molecular weight excluding hydrogens is 224 g/mol. The smallest absolute Gasteiger partial charge is 0.148 e. The highest BCUT2D eigenvalue weighted by atomic mass is 35.5. The molecule has 2 aromatic heterocycles. The maximum atomic E-state index is 5.61. The van der Waals surface area contributed by atoms with Gasteiger partial charge < -0.3 is 0 Å². The monoisotopic (exact) mass is 230 g/mol. The summed E-state index contributed by atoms with van der Waals surface area (Å²) in [5.41, 5.74) is 1.16. The normalized spacial score (nSPS) is 10.5. The number of hydrogen-bond acceptors (Lipinski definition) is 4. The summed E-state index contributed by atoms with van der Waals surface area (Å²) < 4.78 is 0. The summed E-state index contributed by atoms with van der Waals surface area (Å²) >= 11 is 8.90. The summed E-state index contributed by atoms with van der Waals surface area (Å²) in [5.74, 6) is 0.609. The first-order valence-electron chi connectivity index (χ1n) is 3.81. The van der Waals surface area contributed by atoms with Gasteiger partial charge in [0.15, 0.2) is 0 Å². The zero-order valence-electron chi connectivity index (χ0n) is 6.74. The van der Waals surface area contributed by atoms with E-state index in [0.717, 1.165) is 22.0 Å². The Morgan fingerprint density at radius 3 is 3.00 bits per heavy atom. The highest BCUT2D eigenvalue weighted by Crippen LogP contribution is 2.25. The van der Waals surface area contributed by atoms with E-state index in [1.807, 2.05) is 5.38 Å². The van der Waals surface area contributed by atoms with Crippen molar-refractivity contribution in [3.05, 3.63) is 21.8 Å². The maximum Gasteiger partial charge on any atom is 0.148 e. The van der Waals surface area contributed by atoms with Crippen molar-refractivity contribution in [3.63, 3.8) is 0 Å². The van der Waals surface area contributed by atoms with Crippen LogP contribution >= 0.6 is 34.3 Å². The topological polar surface area (TPSA) is 25.8 Å². The van der Waals surface area contributed by atoms with Crippen LogP contribution < -0.4 is 0 Å². The molecule has 0 aliphatic carbocycles. The molecule has 2 nitrogen and oxygen atoms in total. The molecule has 0 aromatic carbocycles. The first-order chi connectivity index (χ1) is 6.40. The van der Waals surface area contributed by atoms with E-state index in [1.54, 1.807) is 22.7 Å². The van der Waals surface area contributed by atoms with Crippen LogP contribution in [0.5, 0.6) is 0 Å². The van der Waals surface area contributed by atoms with E-state index < -0.39 is 0 Å². The van der Waals surface area contributed by atoms with Crippen LogP contribution in [0.3, 0.4) is 0 Å². The maximum absolute atomic E-state index is 5.61. The number of aromatic nitrogens is 2. The van der Waals surface area contributed by atoms with Crippen molar-refractivity contribution in [2.45, 2.75) is 6.42 Å². The lowest BCUT2D eigenvalue weighted by molar-refractivity contribution is 0.990. The number of rotatable bonds is 3. The fourth-order valence-electron chi connectivity index (χ4n) is 0.938. The van der Waals surface area contributed by atoms with E-state index in [2.05, 4.69) is 21.6 Å². The van der Waals surface area contributed by atoms with Gasteiger partial charge in [0, 0.05) is 23.2 Å². The van der Waals surface area contributed by atoms with Crippen LogP contribution in [-0.2, 0) is 6.42 Å². The van der Waals surface area contributed by atoms with Gasteiger partial charge in [-0.15, -0.1) is 21.8 Å². The van der Waals surface area contributed by atoms with Gasteiger partial charge >= 0.3 is 0 Å². The van der Waals surface area contributed by atoms with Gasteiger partial charge in [0.25, 0.3) is 0 Å². The summed E-state index contributed by atoms with van der Waals surface area (Å²) in [6, 6.07) is 2.05. The van der Waals surface area contributed by atoms with Gasteiger partial charge in [0.05, 0.1) is 0 Å². The summed E-state index contributed by atoms with van der Waals surface area (Å²) in [6.45, 7) is 0. The molecule has 0 aliphatic rings. The molecule has 0 saturated heterocycles. The van der Waals surface area contributed by atoms with E-state index >= 15 is 0 Å². The van der Waals surface area contributed by atoms with Crippen LogP contribution in [0.25, 0.3) is 10.6 Å². The molecule has 0 unspecified atom stereocenters. The fourth-order valence-corrected chi connectivity index (χ4v) is 2.78. The fraction of sp³-hybridized carbons (Fsp3) is 0.250. The number of alkyl halides is 1. The van der Waals surface area contributed by atoms with E-state index in [0.29, 0.717) is 5.88 Å². The molecule has 2 aromatic rings. The van der Waals surface area contributed by atoms with E-state index in [4.69, 9.17) is 11.6 Å². The minimum absolute atomic E-state index is 0.609. The summed E-state index contributed by atoms with van der Waals surface area (Å²) in [6.07, 6.45) is 0.809. The van der Waals surface area contributed by atoms with Crippen molar-refractivity contribution in [1.82, 2.24) is 10.2 Å². The van der Waals surface area contributed by atoms with Crippen molar-refractivity contribution in [2.75, 3.05) is 5.88 Å². The van der Waals surface area contributed by atoms with Crippen LogP contribution in [0.1, 0.15) is 5.01 Å². The van der Waals surface area contributed by atoms with Gasteiger partial charge in [-0.05, 0) is 11.4 Å². The minimum Gasteiger partial charge on any atom is -0.152 e. The summed E-state index contributed by atoms with van der Waals surface area (Å²) in [4.78, 5) is 0. The van der Waals surface area contributed by atoms with Gasteiger partial charge in [0.2, 0.25) is 0 Å². The molecule has 2 heterocycles. The van der Waals surface area contributed by atoms with Crippen molar-refractivity contribution in [2.24, 2.45) is 0 Å². The Balaban J connectivity index is 2.23. The molecule has 0 spiro atoms. The van der Waals surface area contributed by atoms with Crippen LogP contribution in [0.4, 0.5) is 0 Å². The number of aryl methyl sites for hydroxylation is 1. The summed E-state index contributed by atoms with van der Waals surface area (Å²) in [5, 5.41) is 14.3. The molecule has 13 heavy (non-hydrogen) atoms. The van der Waals surface area contributed by atoms with Crippen molar-refractivity contribution in [1.29, 1.82) is 0 Å². The highest BCUT2D eigenvalue weighted by molar-refractivity contribution is 7.15. The van der Waals surface area contributed by atoms with Crippen LogP contribution in [0.15, 0.2) is 16.8 Å². The zero-order valence-corrected chi connectivity index (χ0v) is 9.12. The highest BCUT2D eigenvalue weighted by Gasteiger charge is 2.05. The molecule has 0 bridgehead atoms. The van der Waals surface area contributed by atoms with Gasteiger partial charge in [0.1, 0.15) is 10.0 Å².